The van der Waals surface area contributed by atoms with Gasteiger partial charge in [0, 0.05) is 17.3 Å². The van der Waals surface area contributed by atoms with Gasteiger partial charge in [-0.25, -0.2) is 4.79 Å². The zero-order valence-corrected chi connectivity index (χ0v) is 14.2. The first-order chi connectivity index (χ1) is 11.1. The molecule has 4 heteroatoms. The van der Waals surface area contributed by atoms with Crippen molar-refractivity contribution in [1.29, 1.82) is 0 Å². The first-order valence-corrected chi connectivity index (χ1v) is 8.33. The maximum absolute atomic E-state index is 12.7. The molecular weight excluding hydrogens is 308 g/mol. The molecule has 0 spiro atoms. The monoisotopic (exact) mass is 328 g/mol. The molecule has 1 N–H and O–H groups in total. The zero-order valence-electron chi connectivity index (χ0n) is 13.5. The van der Waals surface area contributed by atoms with Gasteiger partial charge < -0.3 is 10.2 Å². The minimum absolute atomic E-state index is 0.0570. The van der Waals surface area contributed by atoms with E-state index in [0.29, 0.717) is 5.02 Å². The Morgan fingerprint density at radius 3 is 2.65 bits per heavy atom. The van der Waals surface area contributed by atoms with Crippen LogP contribution < -0.4 is 5.32 Å². The second-order valence-corrected chi connectivity index (χ2v) is 6.51. The van der Waals surface area contributed by atoms with Crippen molar-refractivity contribution >= 4 is 23.3 Å². The first kappa shape index (κ1) is 15.9. The topological polar surface area (TPSA) is 32.3 Å². The summed E-state index contributed by atoms with van der Waals surface area (Å²) in [5.41, 5.74) is 4.11. The lowest BCUT2D eigenvalue weighted by molar-refractivity contribution is 0.207. The van der Waals surface area contributed by atoms with Crippen molar-refractivity contribution in [2.45, 2.75) is 32.7 Å². The molecule has 2 amide bonds. The van der Waals surface area contributed by atoms with E-state index in [2.05, 4.69) is 36.5 Å². The van der Waals surface area contributed by atoms with Crippen LogP contribution in [0.5, 0.6) is 0 Å². The number of nitrogens with one attached hydrogen (secondary N) is 1. The number of carbonyl (C=O) groups excluding carboxylic acids is 1. The van der Waals surface area contributed by atoms with Crippen molar-refractivity contribution < 1.29 is 4.79 Å². The lowest BCUT2D eigenvalue weighted by atomic mass is 10.0. The van der Waals surface area contributed by atoms with Crippen LogP contribution in [0.3, 0.4) is 0 Å². The summed E-state index contributed by atoms with van der Waals surface area (Å²) in [5, 5.41) is 3.67. The van der Waals surface area contributed by atoms with Gasteiger partial charge in [0.15, 0.2) is 0 Å². The average molecular weight is 329 g/mol. The highest BCUT2D eigenvalue weighted by Crippen LogP contribution is 2.33. The van der Waals surface area contributed by atoms with E-state index in [-0.39, 0.29) is 12.1 Å². The molecule has 1 fully saturated rings. The standard InChI is InChI=1S/C19H21ClN2O/c1-13-8-10-15(11-9-13)18-7-4-12-22(18)19(23)21-17-6-3-5-16(20)14(17)2/h3,5-6,8-11,18H,4,7,12H2,1-2H3,(H,21,23)/t18-/m1/s1. The van der Waals surface area contributed by atoms with E-state index in [0.717, 1.165) is 30.6 Å². The largest absolute Gasteiger partial charge is 0.322 e. The maximum Gasteiger partial charge on any atom is 0.322 e. The van der Waals surface area contributed by atoms with Crippen molar-refractivity contribution in [3.63, 3.8) is 0 Å². The van der Waals surface area contributed by atoms with Crippen LogP contribution in [0.2, 0.25) is 5.02 Å². The molecule has 1 aliphatic rings. The van der Waals surface area contributed by atoms with Crippen LogP contribution in [0.1, 0.15) is 35.6 Å². The van der Waals surface area contributed by atoms with Gasteiger partial charge in [-0.15, -0.1) is 0 Å². The Labute approximate surface area is 142 Å². The van der Waals surface area contributed by atoms with Crippen molar-refractivity contribution in [1.82, 2.24) is 4.90 Å². The quantitative estimate of drug-likeness (QED) is 0.794. The molecule has 1 heterocycles. The predicted octanol–water partition coefficient (Wildman–Crippen LogP) is 5.33. The number of halogens is 1. The molecule has 2 aromatic rings. The molecule has 0 saturated carbocycles. The highest BCUT2D eigenvalue weighted by atomic mass is 35.5. The number of rotatable bonds is 2. The normalized spacial score (nSPS) is 17.3. The molecular formula is C19H21ClN2O. The first-order valence-electron chi connectivity index (χ1n) is 7.95. The van der Waals surface area contributed by atoms with Gasteiger partial charge in [-0.2, -0.15) is 0 Å². The van der Waals surface area contributed by atoms with Gasteiger partial charge in [0.1, 0.15) is 0 Å². The van der Waals surface area contributed by atoms with Crippen molar-refractivity contribution in [3.8, 4) is 0 Å². The van der Waals surface area contributed by atoms with Gasteiger partial charge in [-0.05, 0) is 49.9 Å². The lowest BCUT2D eigenvalue weighted by Crippen LogP contribution is -2.34. The predicted molar refractivity (Wildman–Crippen MR) is 95.1 cm³/mol. The van der Waals surface area contributed by atoms with Gasteiger partial charge in [-0.3, -0.25) is 0 Å². The number of benzene rings is 2. The van der Waals surface area contributed by atoms with Gasteiger partial charge in [-0.1, -0.05) is 47.5 Å². The number of hydrogen-bond acceptors (Lipinski definition) is 1. The lowest BCUT2D eigenvalue weighted by Gasteiger charge is -2.26. The molecule has 3 nitrogen and oxygen atoms in total. The van der Waals surface area contributed by atoms with Crippen LogP contribution >= 0.6 is 11.6 Å². The van der Waals surface area contributed by atoms with E-state index in [4.69, 9.17) is 11.6 Å². The van der Waals surface area contributed by atoms with Crippen LogP contribution in [-0.2, 0) is 0 Å². The molecule has 0 aromatic heterocycles. The van der Waals surface area contributed by atoms with E-state index in [1.165, 1.54) is 11.1 Å². The van der Waals surface area contributed by atoms with E-state index >= 15 is 0 Å². The number of amides is 2. The average Bonchev–Trinajstić information content (AvgIpc) is 3.02. The highest BCUT2D eigenvalue weighted by molar-refractivity contribution is 6.31. The number of carbonyl (C=O) groups is 1. The Morgan fingerprint density at radius 2 is 1.91 bits per heavy atom. The molecule has 1 aliphatic heterocycles. The molecule has 120 valence electrons. The Morgan fingerprint density at radius 1 is 1.17 bits per heavy atom. The maximum atomic E-state index is 12.7. The molecule has 0 bridgehead atoms. The molecule has 1 atom stereocenters. The third-order valence-corrected chi connectivity index (χ3v) is 4.89. The van der Waals surface area contributed by atoms with Crippen LogP contribution in [0.25, 0.3) is 0 Å². The summed E-state index contributed by atoms with van der Waals surface area (Å²) in [6, 6.07) is 14.1. The van der Waals surface area contributed by atoms with Gasteiger partial charge in [0.2, 0.25) is 0 Å². The van der Waals surface area contributed by atoms with E-state index in [1.54, 1.807) is 0 Å². The Balaban J connectivity index is 1.78. The second kappa shape index (κ2) is 6.63. The Kier molecular flexibility index (Phi) is 4.58. The molecule has 1 saturated heterocycles. The van der Waals surface area contributed by atoms with E-state index in [9.17, 15) is 4.79 Å². The fraction of sp³-hybridized carbons (Fsp3) is 0.316. The number of urea groups is 1. The molecule has 0 aliphatic carbocycles. The van der Waals surface area contributed by atoms with Gasteiger partial charge >= 0.3 is 6.03 Å². The minimum Gasteiger partial charge on any atom is -0.317 e. The summed E-state index contributed by atoms with van der Waals surface area (Å²) >= 11 is 6.13. The summed E-state index contributed by atoms with van der Waals surface area (Å²) in [7, 11) is 0. The third-order valence-electron chi connectivity index (χ3n) is 4.49. The molecule has 2 aromatic carbocycles. The summed E-state index contributed by atoms with van der Waals surface area (Å²) < 4.78 is 0. The number of likely N-dealkylation sites (tertiary alicyclic amines) is 1. The van der Waals surface area contributed by atoms with Crippen LogP contribution in [-0.4, -0.2) is 17.5 Å². The number of hydrogen-bond donors (Lipinski definition) is 1. The molecule has 0 radical (unpaired) electrons. The summed E-state index contributed by atoms with van der Waals surface area (Å²) in [6.45, 7) is 4.77. The number of anilines is 1. The fourth-order valence-corrected chi connectivity index (χ4v) is 3.25. The Hall–Kier alpha value is -2.00. The van der Waals surface area contributed by atoms with E-state index in [1.807, 2.05) is 30.0 Å². The Bertz CT molecular complexity index is 712. The highest BCUT2D eigenvalue weighted by Gasteiger charge is 2.30. The second-order valence-electron chi connectivity index (χ2n) is 6.10. The van der Waals surface area contributed by atoms with Crippen LogP contribution in [0.4, 0.5) is 10.5 Å². The molecule has 0 unspecified atom stereocenters. The smallest absolute Gasteiger partial charge is 0.317 e. The van der Waals surface area contributed by atoms with Crippen molar-refractivity contribution in [3.05, 3.63) is 64.2 Å². The van der Waals surface area contributed by atoms with Crippen LogP contribution in [0.15, 0.2) is 42.5 Å². The number of nitrogens with zero attached hydrogens (tertiary/aromatic N) is 1. The zero-order chi connectivity index (χ0) is 16.4. The van der Waals surface area contributed by atoms with Crippen LogP contribution in [0, 0.1) is 13.8 Å². The SMILES string of the molecule is Cc1ccc([C@H]2CCCN2C(=O)Nc2cccc(Cl)c2C)cc1. The third kappa shape index (κ3) is 3.35. The van der Waals surface area contributed by atoms with Crippen molar-refractivity contribution in [2.75, 3.05) is 11.9 Å². The molecule has 3 rings (SSSR count). The number of aryl methyl sites for hydroxylation is 1. The molecule has 23 heavy (non-hydrogen) atoms. The summed E-state index contributed by atoms with van der Waals surface area (Å²) in [5.74, 6) is 0. The summed E-state index contributed by atoms with van der Waals surface area (Å²) in [4.78, 5) is 14.6. The minimum atomic E-state index is -0.0570. The fourth-order valence-electron chi connectivity index (χ4n) is 3.07. The van der Waals surface area contributed by atoms with Gasteiger partial charge in [0.05, 0.1) is 6.04 Å². The van der Waals surface area contributed by atoms with E-state index < -0.39 is 0 Å². The van der Waals surface area contributed by atoms with Gasteiger partial charge in [0.25, 0.3) is 0 Å². The summed E-state index contributed by atoms with van der Waals surface area (Å²) in [6.07, 6.45) is 2.03. The van der Waals surface area contributed by atoms with Crippen molar-refractivity contribution in [2.24, 2.45) is 0 Å².